The van der Waals surface area contributed by atoms with E-state index in [0.29, 0.717) is 13.0 Å². The molecule has 20 heavy (non-hydrogen) atoms. The Morgan fingerprint density at radius 3 is 2.90 bits per heavy atom. The summed E-state index contributed by atoms with van der Waals surface area (Å²) in [5.41, 5.74) is 1.17. The van der Waals surface area contributed by atoms with Crippen LogP contribution < -0.4 is 10.6 Å². The van der Waals surface area contributed by atoms with Crippen molar-refractivity contribution in [2.45, 2.75) is 38.3 Å². The third-order valence-electron chi connectivity index (χ3n) is 3.53. The van der Waals surface area contributed by atoms with E-state index in [-0.39, 0.29) is 18.1 Å². The van der Waals surface area contributed by atoms with E-state index in [1.807, 2.05) is 18.2 Å². The maximum Gasteiger partial charge on any atom is 0.223 e. The average molecular weight is 276 g/mol. The van der Waals surface area contributed by atoms with E-state index >= 15 is 0 Å². The lowest BCUT2D eigenvalue weighted by Crippen LogP contribution is -2.42. The first-order valence-electron chi connectivity index (χ1n) is 7.46. The largest absolute Gasteiger partial charge is 0.375 e. The molecule has 0 radical (unpaired) electrons. The number of hydrogen-bond donors (Lipinski definition) is 2. The van der Waals surface area contributed by atoms with Gasteiger partial charge in [-0.15, -0.1) is 0 Å². The Bertz CT molecular complexity index is 402. The third kappa shape index (κ3) is 4.62. The van der Waals surface area contributed by atoms with Crippen LogP contribution in [0.1, 0.15) is 37.8 Å². The Morgan fingerprint density at radius 2 is 2.25 bits per heavy atom. The summed E-state index contributed by atoms with van der Waals surface area (Å²) in [4.78, 5) is 12.2. The predicted molar refractivity (Wildman–Crippen MR) is 79.5 cm³/mol. The molecule has 1 fully saturated rings. The second-order valence-electron chi connectivity index (χ2n) is 5.22. The molecule has 0 spiro atoms. The second kappa shape index (κ2) is 8.02. The van der Waals surface area contributed by atoms with Gasteiger partial charge >= 0.3 is 0 Å². The van der Waals surface area contributed by atoms with Crippen LogP contribution in [0.25, 0.3) is 0 Å². The minimum absolute atomic E-state index is 0.00167. The lowest BCUT2D eigenvalue weighted by molar-refractivity contribution is -0.125. The summed E-state index contributed by atoms with van der Waals surface area (Å²) in [5.74, 6) is 0.0704. The summed E-state index contributed by atoms with van der Waals surface area (Å²) in [7, 11) is 0. The number of rotatable bonds is 6. The number of morpholine rings is 1. The van der Waals surface area contributed by atoms with Gasteiger partial charge in [0.05, 0.1) is 25.2 Å². The van der Waals surface area contributed by atoms with Crippen LogP contribution in [-0.2, 0) is 9.53 Å². The van der Waals surface area contributed by atoms with E-state index in [1.54, 1.807) is 0 Å². The Labute approximate surface area is 120 Å². The second-order valence-corrected chi connectivity index (χ2v) is 5.22. The van der Waals surface area contributed by atoms with Gasteiger partial charge < -0.3 is 15.4 Å². The van der Waals surface area contributed by atoms with Gasteiger partial charge in [-0.2, -0.15) is 0 Å². The van der Waals surface area contributed by atoms with Crippen LogP contribution in [0.3, 0.4) is 0 Å². The van der Waals surface area contributed by atoms with Crippen molar-refractivity contribution in [2.75, 3.05) is 19.7 Å². The normalized spacial score (nSPS) is 20.4. The highest BCUT2D eigenvalue weighted by Crippen LogP contribution is 2.18. The fourth-order valence-electron chi connectivity index (χ4n) is 2.51. The molecular formula is C16H24N2O2. The number of hydrogen-bond acceptors (Lipinski definition) is 3. The average Bonchev–Trinajstić information content (AvgIpc) is 2.49. The summed E-state index contributed by atoms with van der Waals surface area (Å²) in [5, 5.41) is 6.38. The zero-order valence-corrected chi connectivity index (χ0v) is 12.1. The molecule has 1 aliphatic rings. The minimum Gasteiger partial charge on any atom is -0.375 e. The molecular weight excluding hydrogens is 252 g/mol. The highest BCUT2D eigenvalue weighted by atomic mass is 16.5. The lowest BCUT2D eigenvalue weighted by atomic mass is 10.0. The molecule has 1 aliphatic heterocycles. The van der Waals surface area contributed by atoms with E-state index in [1.165, 1.54) is 5.56 Å². The van der Waals surface area contributed by atoms with Crippen LogP contribution in [0.15, 0.2) is 30.3 Å². The van der Waals surface area contributed by atoms with Crippen LogP contribution >= 0.6 is 0 Å². The summed E-state index contributed by atoms with van der Waals surface area (Å²) in [6, 6.07) is 10.3. The Morgan fingerprint density at radius 1 is 1.45 bits per heavy atom. The quantitative estimate of drug-likeness (QED) is 0.836. The van der Waals surface area contributed by atoms with Crippen LogP contribution in [0.4, 0.5) is 0 Å². The molecule has 2 rings (SSSR count). The molecule has 0 saturated carbocycles. The van der Waals surface area contributed by atoms with Crippen LogP contribution in [0.5, 0.6) is 0 Å². The molecule has 1 aromatic rings. The van der Waals surface area contributed by atoms with Gasteiger partial charge in [0.1, 0.15) is 0 Å². The van der Waals surface area contributed by atoms with Crippen molar-refractivity contribution in [1.82, 2.24) is 10.6 Å². The van der Waals surface area contributed by atoms with Crippen molar-refractivity contribution in [1.29, 1.82) is 0 Å². The van der Waals surface area contributed by atoms with Gasteiger partial charge in [-0.25, -0.2) is 0 Å². The predicted octanol–water partition coefficient (Wildman–Crippen LogP) is 2.02. The highest BCUT2D eigenvalue weighted by Gasteiger charge is 2.19. The van der Waals surface area contributed by atoms with E-state index in [0.717, 1.165) is 25.9 Å². The maximum absolute atomic E-state index is 12.2. The van der Waals surface area contributed by atoms with Gasteiger partial charge in [0, 0.05) is 13.1 Å². The highest BCUT2D eigenvalue weighted by molar-refractivity contribution is 5.77. The fraction of sp³-hybridized carbons (Fsp3) is 0.562. The number of ether oxygens (including phenoxy) is 1. The van der Waals surface area contributed by atoms with E-state index in [9.17, 15) is 4.79 Å². The molecule has 1 heterocycles. The summed E-state index contributed by atoms with van der Waals surface area (Å²) < 4.78 is 5.57. The fourth-order valence-corrected chi connectivity index (χ4v) is 2.51. The van der Waals surface area contributed by atoms with Gasteiger partial charge in [0.25, 0.3) is 0 Å². The Kier molecular flexibility index (Phi) is 6.02. The van der Waals surface area contributed by atoms with Gasteiger partial charge in [0.2, 0.25) is 5.91 Å². The summed E-state index contributed by atoms with van der Waals surface area (Å²) >= 11 is 0. The number of nitrogens with one attached hydrogen (secondary N) is 2. The zero-order chi connectivity index (χ0) is 14.2. The topological polar surface area (TPSA) is 50.4 Å². The van der Waals surface area contributed by atoms with Crippen LogP contribution in [0, 0.1) is 0 Å². The molecule has 2 atom stereocenters. The molecule has 110 valence electrons. The van der Waals surface area contributed by atoms with E-state index in [4.69, 9.17) is 4.74 Å². The Hall–Kier alpha value is -1.39. The lowest BCUT2D eigenvalue weighted by Gasteiger charge is -2.25. The molecule has 0 aromatic heterocycles. The van der Waals surface area contributed by atoms with Crippen molar-refractivity contribution >= 4 is 5.91 Å². The van der Waals surface area contributed by atoms with Gasteiger partial charge in [-0.1, -0.05) is 43.7 Å². The first-order valence-corrected chi connectivity index (χ1v) is 7.46. The zero-order valence-electron chi connectivity index (χ0n) is 12.1. The first-order chi connectivity index (χ1) is 9.79. The smallest absolute Gasteiger partial charge is 0.223 e. The molecule has 0 bridgehead atoms. The standard InChI is InChI=1S/C16H24N2O2/c1-2-6-15(13-7-4-3-5-8-13)18-16(19)11-14-12-17-9-10-20-14/h3-5,7-8,14-15,17H,2,6,9-12H2,1H3,(H,18,19). The molecule has 1 aromatic carbocycles. The van der Waals surface area contributed by atoms with Crippen molar-refractivity contribution in [3.05, 3.63) is 35.9 Å². The maximum atomic E-state index is 12.2. The van der Waals surface area contributed by atoms with Gasteiger partial charge in [-0.05, 0) is 12.0 Å². The molecule has 2 N–H and O–H groups in total. The molecule has 4 nitrogen and oxygen atoms in total. The summed E-state index contributed by atoms with van der Waals surface area (Å²) in [6.07, 6.45) is 2.43. The van der Waals surface area contributed by atoms with Crippen molar-refractivity contribution in [2.24, 2.45) is 0 Å². The van der Waals surface area contributed by atoms with Crippen LogP contribution in [0.2, 0.25) is 0 Å². The molecule has 1 saturated heterocycles. The van der Waals surface area contributed by atoms with Crippen molar-refractivity contribution < 1.29 is 9.53 Å². The number of amides is 1. The minimum atomic E-state index is 0.00167. The van der Waals surface area contributed by atoms with Crippen LogP contribution in [-0.4, -0.2) is 31.7 Å². The number of carbonyl (C=O) groups excluding carboxylic acids is 1. The SMILES string of the molecule is CCCC(NC(=O)CC1CNCCO1)c1ccccc1. The van der Waals surface area contributed by atoms with Gasteiger partial charge in [-0.3, -0.25) is 4.79 Å². The first kappa shape index (κ1) is 15.0. The molecule has 2 unspecified atom stereocenters. The van der Waals surface area contributed by atoms with Crippen molar-refractivity contribution in [3.63, 3.8) is 0 Å². The van der Waals surface area contributed by atoms with Crippen molar-refractivity contribution in [3.8, 4) is 0 Å². The molecule has 1 amide bonds. The van der Waals surface area contributed by atoms with E-state index in [2.05, 4.69) is 29.7 Å². The van der Waals surface area contributed by atoms with Gasteiger partial charge in [0.15, 0.2) is 0 Å². The molecule has 0 aliphatic carbocycles. The summed E-state index contributed by atoms with van der Waals surface area (Å²) in [6.45, 7) is 4.46. The Balaban J connectivity index is 1.88. The van der Waals surface area contributed by atoms with E-state index < -0.39 is 0 Å². The number of benzene rings is 1. The number of carbonyl (C=O) groups is 1. The third-order valence-corrected chi connectivity index (χ3v) is 3.53. The molecule has 4 heteroatoms. The monoisotopic (exact) mass is 276 g/mol.